The lowest BCUT2D eigenvalue weighted by Crippen LogP contribution is -2.39. The van der Waals surface area contributed by atoms with E-state index in [1.807, 2.05) is 17.7 Å². The van der Waals surface area contributed by atoms with Gasteiger partial charge in [-0.25, -0.2) is 4.79 Å². The molecule has 1 aromatic heterocycles. The summed E-state index contributed by atoms with van der Waals surface area (Å²) >= 11 is 0. The topological polar surface area (TPSA) is 58.4 Å². The van der Waals surface area contributed by atoms with Gasteiger partial charge < -0.3 is 10.0 Å². The van der Waals surface area contributed by atoms with Gasteiger partial charge in [0, 0.05) is 12.7 Å². The Morgan fingerprint density at radius 2 is 2.54 bits per heavy atom. The summed E-state index contributed by atoms with van der Waals surface area (Å²) < 4.78 is 1.87. The molecule has 2 rings (SSSR count). The van der Waals surface area contributed by atoms with E-state index in [4.69, 9.17) is 5.11 Å². The van der Waals surface area contributed by atoms with Crippen LogP contribution >= 0.6 is 0 Å². The van der Waals surface area contributed by atoms with Gasteiger partial charge in [0.15, 0.2) is 0 Å². The second-order valence-electron chi connectivity index (χ2n) is 3.28. The highest BCUT2D eigenvalue weighted by molar-refractivity contribution is 5.65. The fraction of sp³-hybridized carbons (Fsp3) is 0.500. The Morgan fingerprint density at radius 3 is 3.23 bits per heavy atom. The zero-order valence-corrected chi connectivity index (χ0v) is 7.34. The Morgan fingerprint density at radius 1 is 1.77 bits per heavy atom. The maximum Gasteiger partial charge on any atom is 0.407 e. The van der Waals surface area contributed by atoms with Gasteiger partial charge in [-0.2, -0.15) is 5.10 Å². The number of carbonyl (C=O) groups is 1. The van der Waals surface area contributed by atoms with Crippen LogP contribution in [0.1, 0.15) is 18.7 Å². The van der Waals surface area contributed by atoms with Crippen LogP contribution in [0.4, 0.5) is 4.79 Å². The highest BCUT2D eigenvalue weighted by atomic mass is 16.4. The van der Waals surface area contributed by atoms with E-state index in [2.05, 4.69) is 5.10 Å². The molecule has 13 heavy (non-hydrogen) atoms. The number of fused-ring (bicyclic) bond motifs is 1. The molecule has 0 spiro atoms. The molecule has 1 aromatic rings. The number of nitrogens with zero attached hydrogens (tertiary/aromatic N) is 3. The van der Waals surface area contributed by atoms with Crippen molar-refractivity contribution in [2.24, 2.45) is 0 Å². The first-order valence-corrected chi connectivity index (χ1v) is 4.18. The summed E-state index contributed by atoms with van der Waals surface area (Å²) in [6, 6.07) is 1.99. The van der Waals surface area contributed by atoms with Crippen molar-refractivity contribution in [3.63, 3.8) is 0 Å². The normalized spacial score (nSPS) is 21.3. The molecule has 1 atom stereocenters. The highest BCUT2D eigenvalue weighted by Crippen LogP contribution is 2.19. The van der Waals surface area contributed by atoms with E-state index in [1.165, 1.54) is 4.90 Å². The monoisotopic (exact) mass is 181 g/mol. The van der Waals surface area contributed by atoms with Gasteiger partial charge in [0.25, 0.3) is 0 Å². The largest absolute Gasteiger partial charge is 0.465 e. The molecule has 0 saturated heterocycles. The molecule has 0 saturated carbocycles. The van der Waals surface area contributed by atoms with Crippen LogP contribution in [0.15, 0.2) is 12.3 Å². The predicted molar refractivity (Wildman–Crippen MR) is 45.4 cm³/mol. The molecular weight excluding hydrogens is 170 g/mol. The first-order valence-electron chi connectivity index (χ1n) is 4.18. The Kier molecular flexibility index (Phi) is 1.72. The van der Waals surface area contributed by atoms with Gasteiger partial charge in [0.2, 0.25) is 0 Å². The summed E-state index contributed by atoms with van der Waals surface area (Å²) in [4.78, 5) is 12.1. The number of hydrogen-bond donors (Lipinski definition) is 1. The number of hydrogen-bond acceptors (Lipinski definition) is 2. The molecular formula is C8H11N3O2. The molecule has 0 radical (unpaired) electrons. The van der Waals surface area contributed by atoms with E-state index in [9.17, 15) is 4.79 Å². The number of rotatable bonds is 0. The molecule has 0 aromatic carbocycles. The van der Waals surface area contributed by atoms with Crippen molar-refractivity contribution in [1.29, 1.82) is 0 Å². The first-order chi connectivity index (χ1) is 6.18. The fourth-order valence-corrected chi connectivity index (χ4v) is 1.67. The van der Waals surface area contributed by atoms with Crippen LogP contribution in [0, 0.1) is 0 Å². The van der Waals surface area contributed by atoms with Crippen LogP contribution < -0.4 is 0 Å². The lowest BCUT2D eigenvalue weighted by Gasteiger charge is -2.29. The van der Waals surface area contributed by atoms with Gasteiger partial charge in [-0.3, -0.25) is 4.68 Å². The van der Waals surface area contributed by atoms with Crippen molar-refractivity contribution in [2.45, 2.75) is 19.5 Å². The molecule has 1 aliphatic rings. The summed E-state index contributed by atoms with van der Waals surface area (Å²) in [5.41, 5.74) is 0.959. The Balaban J connectivity index is 2.28. The molecule has 5 heteroatoms. The molecule has 5 nitrogen and oxygen atoms in total. The summed E-state index contributed by atoms with van der Waals surface area (Å²) in [6.07, 6.45) is 0.844. The second kappa shape index (κ2) is 2.76. The molecule has 1 unspecified atom stereocenters. The van der Waals surface area contributed by atoms with Crippen LogP contribution in [0.5, 0.6) is 0 Å². The summed E-state index contributed by atoms with van der Waals surface area (Å²) in [7, 11) is 0. The van der Waals surface area contributed by atoms with Gasteiger partial charge in [0.05, 0.1) is 18.3 Å². The quantitative estimate of drug-likeness (QED) is 0.648. The molecule has 1 N–H and O–H groups in total. The van der Waals surface area contributed by atoms with E-state index in [-0.39, 0.29) is 6.04 Å². The Bertz CT molecular complexity index is 334. The van der Waals surface area contributed by atoms with Crippen molar-refractivity contribution < 1.29 is 9.90 Å². The van der Waals surface area contributed by atoms with Gasteiger partial charge in [-0.1, -0.05) is 0 Å². The second-order valence-corrected chi connectivity index (χ2v) is 3.28. The highest BCUT2D eigenvalue weighted by Gasteiger charge is 2.24. The maximum absolute atomic E-state index is 10.7. The number of amides is 1. The van der Waals surface area contributed by atoms with Gasteiger partial charge in [-0.15, -0.1) is 0 Å². The fourth-order valence-electron chi connectivity index (χ4n) is 1.67. The smallest absolute Gasteiger partial charge is 0.407 e. The minimum Gasteiger partial charge on any atom is -0.465 e. The summed E-state index contributed by atoms with van der Waals surface area (Å²) in [6.45, 7) is 2.93. The van der Waals surface area contributed by atoms with Crippen LogP contribution in [0.2, 0.25) is 0 Å². The lowest BCUT2D eigenvalue weighted by molar-refractivity contribution is 0.122. The SMILES string of the molecule is CC1CN(C(=O)O)Cc2ccnn21. The lowest BCUT2D eigenvalue weighted by atomic mass is 10.2. The zero-order chi connectivity index (χ0) is 9.42. The maximum atomic E-state index is 10.7. The Hall–Kier alpha value is -1.52. The van der Waals surface area contributed by atoms with E-state index < -0.39 is 6.09 Å². The van der Waals surface area contributed by atoms with E-state index in [0.29, 0.717) is 13.1 Å². The first kappa shape index (κ1) is 8.10. The van der Waals surface area contributed by atoms with Gasteiger partial charge in [-0.05, 0) is 13.0 Å². The van der Waals surface area contributed by atoms with Crippen LogP contribution in [0.3, 0.4) is 0 Å². The van der Waals surface area contributed by atoms with Crippen molar-refractivity contribution in [3.8, 4) is 0 Å². The van der Waals surface area contributed by atoms with Crippen molar-refractivity contribution in [1.82, 2.24) is 14.7 Å². The molecule has 0 bridgehead atoms. The minimum absolute atomic E-state index is 0.134. The predicted octanol–water partition coefficient (Wildman–Crippen LogP) is 0.938. The van der Waals surface area contributed by atoms with Crippen LogP contribution in [-0.2, 0) is 6.54 Å². The minimum atomic E-state index is -0.862. The van der Waals surface area contributed by atoms with Crippen LogP contribution in [0.25, 0.3) is 0 Å². The summed E-state index contributed by atoms with van der Waals surface area (Å²) in [5.74, 6) is 0. The third-order valence-electron chi connectivity index (χ3n) is 2.28. The average molecular weight is 181 g/mol. The molecule has 0 aliphatic carbocycles. The van der Waals surface area contributed by atoms with Gasteiger partial charge >= 0.3 is 6.09 Å². The molecule has 0 fully saturated rings. The van der Waals surface area contributed by atoms with Crippen LogP contribution in [-0.4, -0.2) is 32.4 Å². The average Bonchev–Trinajstić information content (AvgIpc) is 2.51. The van der Waals surface area contributed by atoms with E-state index in [1.54, 1.807) is 6.20 Å². The number of aromatic nitrogens is 2. The summed E-state index contributed by atoms with van der Waals surface area (Å²) in [5, 5.41) is 12.9. The van der Waals surface area contributed by atoms with E-state index in [0.717, 1.165) is 5.69 Å². The Labute approximate surface area is 75.6 Å². The third kappa shape index (κ3) is 1.26. The molecule has 70 valence electrons. The zero-order valence-electron chi connectivity index (χ0n) is 7.34. The standard InChI is InChI=1S/C8H11N3O2/c1-6-4-10(8(12)13)5-7-2-3-9-11(6)7/h2-3,6H,4-5H2,1H3,(H,12,13). The molecule has 1 amide bonds. The number of carboxylic acid groups (broad SMARTS) is 1. The van der Waals surface area contributed by atoms with Crippen molar-refractivity contribution in [3.05, 3.63) is 18.0 Å². The molecule has 2 heterocycles. The third-order valence-corrected chi connectivity index (χ3v) is 2.28. The van der Waals surface area contributed by atoms with E-state index >= 15 is 0 Å². The van der Waals surface area contributed by atoms with Crippen molar-refractivity contribution >= 4 is 6.09 Å². The molecule has 1 aliphatic heterocycles. The van der Waals surface area contributed by atoms with Crippen molar-refractivity contribution in [2.75, 3.05) is 6.54 Å². The van der Waals surface area contributed by atoms with Gasteiger partial charge in [0.1, 0.15) is 0 Å².